The second-order valence-corrected chi connectivity index (χ2v) is 9.20. The summed E-state index contributed by atoms with van der Waals surface area (Å²) < 4.78 is 41.2. The van der Waals surface area contributed by atoms with Gasteiger partial charge in [-0.2, -0.15) is 0 Å². The number of fused-ring (bicyclic) bond motifs is 1. The molecule has 0 aliphatic rings. The highest BCUT2D eigenvalue weighted by molar-refractivity contribution is 7.92. The van der Waals surface area contributed by atoms with Crippen LogP contribution in [-0.4, -0.2) is 18.4 Å². The molecule has 0 spiro atoms. The van der Waals surface area contributed by atoms with Crippen molar-refractivity contribution in [3.63, 3.8) is 0 Å². The topological polar surface area (TPSA) is 84.0 Å². The number of rotatable bonds is 6. The van der Waals surface area contributed by atoms with Crippen molar-refractivity contribution in [2.45, 2.75) is 4.90 Å². The van der Waals surface area contributed by atoms with Crippen LogP contribution < -0.4 is 10.0 Å². The molecular formula is C26H19FN4O2S. The molecule has 5 aromatic rings. The molecular weight excluding hydrogens is 451 g/mol. The third kappa shape index (κ3) is 4.44. The van der Waals surface area contributed by atoms with E-state index in [0.717, 1.165) is 28.1 Å². The minimum absolute atomic E-state index is 0.313. The first kappa shape index (κ1) is 21.5. The molecule has 6 nitrogen and oxygen atoms in total. The van der Waals surface area contributed by atoms with E-state index in [1.165, 1.54) is 24.5 Å². The van der Waals surface area contributed by atoms with E-state index >= 15 is 0 Å². The predicted octanol–water partition coefficient (Wildman–Crippen LogP) is 5.98. The van der Waals surface area contributed by atoms with E-state index in [4.69, 9.17) is 0 Å². The van der Waals surface area contributed by atoms with Crippen LogP contribution in [0.1, 0.15) is 0 Å². The van der Waals surface area contributed by atoms with Crippen molar-refractivity contribution in [2.75, 3.05) is 10.0 Å². The summed E-state index contributed by atoms with van der Waals surface area (Å²) in [5.41, 5.74) is 2.80. The third-order valence-electron chi connectivity index (χ3n) is 5.27. The molecule has 1 aromatic heterocycles. The summed E-state index contributed by atoms with van der Waals surface area (Å²) in [5, 5.41) is 5.43. The van der Waals surface area contributed by atoms with E-state index in [1.807, 2.05) is 30.3 Å². The maximum atomic E-state index is 13.9. The zero-order chi connectivity index (χ0) is 23.5. The Kier molecular flexibility index (Phi) is 5.65. The lowest BCUT2D eigenvalue weighted by molar-refractivity contribution is 0.570. The van der Waals surface area contributed by atoms with Gasteiger partial charge < -0.3 is 5.32 Å². The van der Waals surface area contributed by atoms with E-state index in [1.54, 1.807) is 24.3 Å². The Hall–Kier alpha value is -4.30. The van der Waals surface area contributed by atoms with Crippen molar-refractivity contribution in [2.24, 2.45) is 0 Å². The van der Waals surface area contributed by atoms with Crippen LogP contribution in [0.2, 0.25) is 0 Å². The van der Waals surface area contributed by atoms with Crippen LogP contribution in [0.3, 0.4) is 0 Å². The number of benzene rings is 4. The number of nitrogens with one attached hydrogen (secondary N) is 2. The van der Waals surface area contributed by atoms with Crippen molar-refractivity contribution in [1.29, 1.82) is 0 Å². The molecule has 0 atom stereocenters. The Bertz CT molecular complexity index is 1580. The van der Waals surface area contributed by atoms with Crippen LogP contribution in [0.15, 0.2) is 108 Å². The molecule has 0 unspecified atom stereocenters. The summed E-state index contributed by atoms with van der Waals surface area (Å²) in [7, 11) is -4.04. The molecule has 168 valence electrons. The van der Waals surface area contributed by atoms with E-state index in [-0.39, 0.29) is 0 Å². The molecule has 8 heteroatoms. The first-order valence-corrected chi connectivity index (χ1v) is 11.9. The van der Waals surface area contributed by atoms with Gasteiger partial charge in [-0.15, -0.1) is 0 Å². The predicted molar refractivity (Wildman–Crippen MR) is 132 cm³/mol. The maximum absolute atomic E-state index is 13.9. The number of sulfonamides is 1. The van der Waals surface area contributed by atoms with Crippen LogP contribution in [0.4, 0.5) is 21.6 Å². The zero-order valence-electron chi connectivity index (χ0n) is 17.8. The minimum Gasteiger partial charge on any atom is -0.340 e. The van der Waals surface area contributed by atoms with Crippen molar-refractivity contribution in [1.82, 2.24) is 9.97 Å². The van der Waals surface area contributed by atoms with Crippen molar-refractivity contribution in [3.8, 4) is 11.3 Å². The second-order valence-electron chi connectivity index (χ2n) is 7.55. The summed E-state index contributed by atoms with van der Waals surface area (Å²) in [4.78, 5) is 8.33. The first-order valence-electron chi connectivity index (χ1n) is 10.4. The largest absolute Gasteiger partial charge is 0.340 e. The molecule has 0 saturated carbocycles. The van der Waals surface area contributed by atoms with Gasteiger partial charge in [0, 0.05) is 23.0 Å². The lowest BCUT2D eigenvalue weighted by Gasteiger charge is -2.11. The normalized spacial score (nSPS) is 11.3. The second kappa shape index (κ2) is 8.92. The number of anilines is 3. The minimum atomic E-state index is -4.04. The average molecular weight is 471 g/mol. The molecule has 0 radical (unpaired) electrons. The highest BCUT2D eigenvalue weighted by Gasteiger charge is 2.18. The van der Waals surface area contributed by atoms with Gasteiger partial charge >= 0.3 is 0 Å². The summed E-state index contributed by atoms with van der Waals surface area (Å²) in [6, 6.07) is 27.9. The van der Waals surface area contributed by atoms with Gasteiger partial charge in [-0.3, -0.25) is 4.72 Å². The van der Waals surface area contributed by atoms with Crippen molar-refractivity contribution >= 4 is 38.0 Å². The van der Waals surface area contributed by atoms with Crippen LogP contribution in [0.25, 0.3) is 22.0 Å². The van der Waals surface area contributed by atoms with Gasteiger partial charge in [-0.1, -0.05) is 54.6 Å². The monoisotopic (exact) mass is 470 g/mol. The first-order chi connectivity index (χ1) is 16.5. The highest BCUT2D eigenvalue weighted by atomic mass is 32.2. The number of hydrogen-bond acceptors (Lipinski definition) is 5. The fourth-order valence-corrected chi connectivity index (χ4v) is 4.80. The van der Waals surface area contributed by atoms with Crippen LogP contribution in [0, 0.1) is 5.82 Å². The Morgan fingerprint density at radius 1 is 0.735 bits per heavy atom. The summed E-state index contributed by atoms with van der Waals surface area (Å²) in [6.07, 6.45) is 1.50. The van der Waals surface area contributed by atoms with Crippen LogP contribution in [-0.2, 0) is 10.0 Å². The van der Waals surface area contributed by atoms with Crippen LogP contribution >= 0.6 is 0 Å². The van der Waals surface area contributed by atoms with Gasteiger partial charge in [-0.25, -0.2) is 22.8 Å². The molecule has 1 heterocycles. The molecule has 0 bridgehead atoms. The molecule has 0 amide bonds. The van der Waals surface area contributed by atoms with E-state index < -0.39 is 20.7 Å². The Morgan fingerprint density at radius 2 is 1.44 bits per heavy atom. The van der Waals surface area contributed by atoms with E-state index in [9.17, 15) is 12.8 Å². The number of aromatic nitrogens is 2. The lowest BCUT2D eigenvalue weighted by Crippen LogP contribution is -2.14. The fourth-order valence-electron chi connectivity index (χ4n) is 3.66. The number of hydrogen-bond donors (Lipinski definition) is 2. The average Bonchev–Trinajstić information content (AvgIpc) is 2.85. The molecule has 2 N–H and O–H groups in total. The molecule has 5 rings (SSSR count). The van der Waals surface area contributed by atoms with Gasteiger partial charge in [0.05, 0.1) is 5.69 Å². The van der Waals surface area contributed by atoms with E-state index in [0.29, 0.717) is 17.2 Å². The van der Waals surface area contributed by atoms with E-state index in [2.05, 4.69) is 38.2 Å². The van der Waals surface area contributed by atoms with Gasteiger partial charge in [-0.05, 0) is 47.2 Å². The molecule has 0 aliphatic carbocycles. The Labute approximate surface area is 196 Å². The Balaban J connectivity index is 1.35. The molecule has 0 saturated heterocycles. The van der Waals surface area contributed by atoms with Crippen molar-refractivity contribution in [3.05, 3.63) is 109 Å². The molecule has 0 aliphatic heterocycles. The third-order valence-corrected chi connectivity index (χ3v) is 6.68. The van der Waals surface area contributed by atoms with Gasteiger partial charge in [0.1, 0.15) is 22.9 Å². The molecule has 4 aromatic carbocycles. The number of halogens is 1. The standard InChI is InChI=1S/C26H19FN4O2S/c27-23-10-3-4-11-25(23)34(32,33)31-20-14-12-19(13-15-20)30-26-16-24(28-17-29-26)22-9-5-7-18-6-1-2-8-21(18)22/h1-17,31H,(H,28,29,30). The van der Waals surface area contributed by atoms with Gasteiger partial charge in [0.2, 0.25) is 0 Å². The zero-order valence-corrected chi connectivity index (χ0v) is 18.6. The molecule has 0 fully saturated rings. The van der Waals surface area contributed by atoms with Crippen molar-refractivity contribution < 1.29 is 12.8 Å². The SMILES string of the molecule is O=S(=O)(Nc1ccc(Nc2cc(-c3cccc4ccccc34)ncn2)cc1)c1ccccc1F. The maximum Gasteiger partial charge on any atom is 0.264 e. The summed E-state index contributed by atoms with van der Waals surface area (Å²) in [6.45, 7) is 0. The lowest BCUT2D eigenvalue weighted by atomic mass is 10.0. The van der Waals surface area contributed by atoms with Crippen LogP contribution in [0.5, 0.6) is 0 Å². The van der Waals surface area contributed by atoms with Gasteiger partial charge in [0.25, 0.3) is 10.0 Å². The highest BCUT2D eigenvalue weighted by Crippen LogP contribution is 2.29. The Morgan fingerprint density at radius 3 is 2.26 bits per heavy atom. The smallest absolute Gasteiger partial charge is 0.264 e. The molecule has 34 heavy (non-hydrogen) atoms. The quantitative estimate of drug-likeness (QED) is 0.319. The number of nitrogens with zero attached hydrogens (tertiary/aromatic N) is 2. The summed E-state index contributed by atoms with van der Waals surface area (Å²) >= 11 is 0. The van der Waals surface area contributed by atoms with Gasteiger partial charge in [0.15, 0.2) is 0 Å². The fraction of sp³-hybridized carbons (Fsp3) is 0. The summed E-state index contributed by atoms with van der Waals surface area (Å²) in [5.74, 6) is -0.211.